The van der Waals surface area contributed by atoms with Crippen molar-refractivity contribution in [3.05, 3.63) is 54.0 Å². The third-order valence-electron chi connectivity index (χ3n) is 5.62. The van der Waals surface area contributed by atoms with Gasteiger partial charge in [-0.25, -0.2) is 4.39 Å². The van der Waals surface area contributed by atoms with Gasteiger partial charge in [-0.15, -0.1) is 0 Å². The van der Waals surface area contributed by atoms with E-state index in [1.165, 1.54) is 6.07 Å². The molecule has 1 aliphatic rings. The number of benzene rings is 2. The zero-order valence-corrected chi connectivity index (χ0v) is 16.0. The number of halogens is 1. The van der Waals surface area contributed by atoms with Crippen molar-refractivity contribution in [2.75, 3.05) is 20.1 Å². The van der Waals surface area contributed by atoms with E-state index in [-0.39, 0.29) is 12.2 Å². The van der Waals surface area contributed by atoms with Crippen LogP contribution in [0.5, 0.6) is 0 Å². The van der Waals surface area contributed by atoms with Crippen LogP contribution in [0.1, 0.15) is 24.4 Å². The van der Waals surface area contributed by atoms with Gasteiger partial charge in [0.1, 0.15) is 5.82 Å². The lowest BCUT2D eigenvalue weighted by atomic mass is 9.99. The van der Waals surface area contributed by atoms with Gasteiger partial charge in [-0.1, -0.05) is 24.3 Å². The molecule has 6 heteroatoms. The third kappa shape index (κ3) is 3.64. The molecule has 2 aromatic carbocycles. The van der Waals surface area contributed by atoms with Crippen LogP contribution in [0.25, 0.3) is 22.0 Å². The molecular formula is C22H24FN5. The number of likely N-dealkylation sites (tertiary alicyclic amines) is 1. The number of aromatic nitrogens is 2. The number of nitrogens with two attached hydrogens (primary N) is 1. The lowest BCUT2D eigenvalue weighted by molar-refractivity contribution is 0.215. The molecule has 2 N–H and O–H groups in total. The number of hydrogen-bond donors (Lipinski definition) is 1. The van der Waals surface area contributed by atoms with Crippen LogP contribution >= 0.6 is 0 Å². The predicted octanol–water partition coefficient (Wildman–Crippen LogP) is 3.50. The van der Waals surface area contributed by atoms with Crippen molar-refractivity contribution in [1.29, 1.82) is 5.26 Å². The van der Waals surface area contributed by atoms with E-state index in [1.807, 2.05) is 30.5 Å². The summed E-state index contributed by atoms with van der Waals surface area (Å²) in [6.45, 7) is 2.15. The van der Waals surface area contributed by atoms with Crippen LogP contribution in [0.4, 0.5) is 4.39 Å². The fraction of sp³-hybridized carbons (Fsp3) is 0.364. The fourth-order valence-corrected chi connectivity index (χ4v) is 3.92. The lowest BCUT2D eigenvalue weighted by Crippen LogP contribution is -2.31. The van der Waals surface area contributed by atoms with Gasteiger partial charge in [0, 0.05) is 11.8 Å². The largest absolute Gasteiger partial charge is 0.316 e. The highest BCUT2D eigenvalue weighted by molar-refractivity contribution is 5.84. The minimum absolute atomic E-state index is 0.213. The zero-order valence-electron chi connectivity index (χ0n) is 16.0. The summed E-state index contributed by atoms with van der Waals surface area (Å²) in [7, 11) is 2.15. The number of nitrogens with zero attached hydrogens (tertiary/aromatic N) is 4. The van der Waals surface area contributed by atoms with Crippen LogP contribution in [0.15, 0.2) is 42.6 Å². The minimum Gasteiger partial charge on any atom is -0.316 e. The first-order valence-electron chi connectivity index (χ1n) is 9.65. The highest BCUT2D eigenvalue weighted by Crippen LogP contribution is 2.30. The summed E-state index contributed by atoms with van der Waals surface area (Å²) in [5.41, 5.74) is 8.95. The average molecular weight is 377 g/mol. The van der Waals surface area contributed by atoms with Gasteiger partial charge in [-0.3, -0.25) is 4.68 Å². The Hall–Kier alpha value is -2.75. The molecule has 0 spiro atoms. The molecule has 0 aliphatic carbocycles. The second-order valence-corrected chi connectivity index (χ2v) is 7.64. The Kier molecular flexibility index (Phi) is 5.12. The molecular weight excluding hydrogens is 353 g/mol. The van der Waals surface area contributed by atoms with E-state index >= 15 is 0 Å². The van der Waals surface area contributed by atoms with Crippen molar-refractivity contribution < 1.29 is 4.39 Å². The van der Waals surface area contributed by atoms with Crippen molar-refractivity contribution >= 4 is 10.9 Å². The number of fused-ring (bicyclic) bond motifs is 1. The van der Waals surface area contributed by atoms with Gasteiger partial charge in [0.25, 0.3) is 0 Å². The second-order valence-electron chi connectivity index (χ2n) is 7.64. The van der Waals surface area contributed by atoms with E-state index in [1.54, 1.807) is 6.07 Å². The van der Waals surface area contributed by atoms with E-state index in [4.69, 9.17) is 11.0 Å². The third-order valence-corrected chi connectivity index (χ3v) is 5.62. The number of piperidine rings is 1. The van der Waals surface area contributed by atoms with Crippen molar-refractivity contribution in [3.8, 4) is 17.2 Å². The monoisotopic (exact) mass is 377 g/mol. The summed E-state index contributed by atoms with van der Waals surface area (Å²) < 4.78 is 16.6. The molecule has 0 radical (unpaired) electrons. The van der Waals surface area contributed by atoms with Gasteiger partial charge < -0.3 is 10.6 Å². The maximum absolute atomic E-state index is 14.5. The van der Waals surface area contributed by atoms with Gasteiger partial charge in [0.05, 0.1) is 29.9 Å². The molecule has 4 rings (SSSR count). The summed E-state index contributed by atoms with van der Waals surface area (Å²) in [6.07, 6.45) is 4.29. The van der Waals surface area contributed by atoms with Crippen LogP contribution in [-0.2, 0) is 6.42 Å². The highest BCUT2D eigenvalue weighted by atomic mass is 19.1. The Morgan fingerprint density at radius 1 is 1.21 bits per heavy atom. The predicted molar refractivity (Wildman–Crippen MR) is 108 cm³/mol. The maximum Gasteiger partial charge on any atom is 0.127 e. The standard InChI is InChI=1S/C22H24FN5/c1-27-8-6-20(7-9-27)28-22-12-16(3-5-18(22)14-26-28)15-2-4-17(21(23)11-15)10-19(25)13-24/h2-5,11-12,14,19-20H,6-10,25H2,1H3/t19-/m0/s1. The molecule has 2 heterocycles. The molecule has 1 saturated heterocycles. The topological polar surface area (TPSA) is 70.9 Å². The Bertz CT molecular complexity index is 1030. The van der Waals surface area contributed by atoms with E-state index in [0.717, 1.165) is 48.0 Å². The van der Waals surface area contributed by atoms with E-state index in [9.17, 15) is 4.39 Å². The number of hydrogen-bond acceptors (Lipinski definition) is 4. The molecule has 0 bridgehead atoms. The molecule has 3 aromatic rings. The van der Waals surface area contributed by atoms with Crippen LogP contribution in [0.2, 0.25) is 0 Å². The summed E-state index contributed by atoms with van der Waals surface area (Å²) in [6, 6.07) is 12.9. The fourth-order valence-electron chi connectivity index (χ4n) is 3.92. The first kappa shape index (κ1) is 18.6. The molecule has 0 unspecified atom stereocenters. The Morgan fingerprint density at radius 3 is 2.64 bits per heavy atom. The lowest BCUT2D eigenvalue weighted by Gasteiger charge is -2.29. The first-order chi connectivity index (χ1) is 13.5. The molecule has 1 atom stereocenters. The summed E-state index contributed by atoms with van der Waals surface area (Å²) in [4.78, 5) is 2.34. The van der Waals surface area contributed by atoms with Crippen molar-refractivity contribution in [1.82, 2.24) is 14.7 Å². The second kappa shape index (κ2) is 7.70. The smallest absolute Gasteiger partial charge is 0.127 e. The Labute approximate surface area is 164 Å². The Morgan fingerprint density at radius 2 is 1.93 bits per heavy atom. The molecule has 5 nitrogen and oxygen atoms in total. The molecule has 0 amide bonds. The SMILES string of the molecule is CN1CCC(n2ncc3ccc(-c4ccc(C[C@H](N)C#N)c(F)c4)cc32)CC1. The maximum atomic E-state index is 14.5. The van der Waals surface area contributed by atoms with Gasteiger partial charge in [-0.2, -0.15) is 10.4 Å². The highest BCUT2D eigenvalue weighted by Gasteiger charge is 2.20. The average Bonchev–Trinajstić information content (AvgIpc) is 3.13. The molecule has 1 aliphatic heterocycles. The summed E-state index contributed by atoms with van der Waals surface area (Å²) >= 11 is 0. The van der Waals surface area contributed by atoms with Crippen molar-refractivity contribution in [2.45, 2.75) is 31.3 Å². The summed E-state index contributed by atoms with van der Waals surface area (Å²) in [5.74, 6) is -0.327. The van der Waals surface area contributed by atoms with Crippen molar-refractivity contribution in [2.24, 2.45) is 5.73 Å². The van der Waals surface area contributed by atoms with E-state index in [2.05, 4.69) is 27.8 Å². The van der Waals surface area contributed by atoms with E-state index in [0.29, 0.717) is 11.6 Å². The normalized spacial score (nSPS) is 16.9. The van der Waals surface area contributed by atoms with Gasteiger partial charge >= 0.3 is 0 Å². The van der Waals surface area contributed by atoms with Crippen LogP contribution in [0, 0.1) is 17.1 Å². The molecule has 1 aromatic heterocycles. The van der Waals surface area contributed by atoms with Crippen LogP contribution < -0.4 is 5.73 Å². The molecule has 1 fully saturated rings. The van der Waals surface area contributed by atoms with Crippen LogP contribution in [-0.4, -0.2) is 40.9 Å². The van der Waals surface area contributed by atoms with Gasteiger partial charge in [-0.05, 0) is 61.8 Å². The summed E-state index contributed by atoms with van der Waals surface area (Å²) in [5, 5.41) is 14.6. The quantitative estimate of drug-likeness (QED) is 0.755. The van der Waals surface area contributed by atoms with E-state index < -0.39 is 6.04 Å². The minimum atomic E-state index is -0.694. The number of rotatable bonds is 4. The van der Waals surface area contributed by atoms with Gasteiger partial charge in [0.2, 0.25) is 0 Å². The first-order valence-corrected chi connectivity index (χ1v) is 9.65. The van der Waals surface area contributed by atoms with Crippen LogP contribution in [0.3, 0.4) is 0 Å². The Balaban J connectivity index is 1.65. The molecule has 28 heavy (non-hydrogen) atoms. The number of nitriles is 1. The molecule has 144 valence electrons. The van der Waals surface area contributed by atoms with Gasteiger partial charge in [0.15, 0.2) is 0 Å². The zero-order chi connectivity index (χ0) is 19.7. The van der Waals surface area contributed by atoms with Crippen molar-refractivity contribution in [3.63, 3.8) is 0 Å². The molecule has 0 saturated carbocycles.